The van der Waals surface area contributed by atoms with Gasteiger partial charge in [-0.25, -0.2) is 9.48 Å². The molecule has 2 rings (SSSR count). The molecular weight excluding hydrogens is 443 g/mol. The van der Waals surface area contributed by atoms with Crippen molar-refractivity contribution in [2.24, 2.45) is 0 Å². The highest BCUT2D eigenvalue weighted by Gasteiger charge is 2.25. The maximum atomic E-state index is 12.1. The van der Waals surface area contributed by atoms with E-state index in [1.807, 2.05) is 20.8 Å². The van der Waals surface area contributed by atoms with Crippen molar-refractivity contribution in [1.82, 2.24) is 9.78 Å². The zero-order valence-electron chi connectivity index (χ0n) is 16.2. The molecule has 8 nitrogen and oxygen atoms in total. The van der Waals surface area contributed by atoms with E-state index in [-0.39, 0.29) is 28.6 Å². The van der Waals surface area contributed by atoms with Gasteiger partial charge in [-0.05, 0) is 18.2 Å². The predicted molar refractivity (Wildman–Crippen MR) is 113 cm³/mol. The molecule has 0 saturated heterocycles. The highest BCUT2D eigenvalue weighted by molar-refractivity contribution is 6.67. The first-order valence-corrected chi connectivity index (χ1v) is 9.62. The number of rotatable bonds is 4. The minimum Gasteiger partial charge on any atom is -0.506 e. The first kappa shape index (κ1) is 23.1. The summed E-state index contributed by atoms with van der Waals surface area (Å²) in [4.78, 5) is 23.5. The first-order valence-electron chi connectivity index (χ1n) is 8.48. The molecule has 1 heterocycles. The lowest BCUT2D eigenvalue weighted by molar-refractivity contribution is -0.114. The topological polar surface area (TPSA) is 105 Å². The number of carbonyl (C=O) groups excluding carboxylic acids is 2. The fourth-order valence-corrected chi connectivity index (χ4v) is 2.45. The lowest BCUT2D eigenvalue weighted by Gasteiger charge is -2.15. The van der Waals surface area contributed by atoms with Crippen LogP contribution in [0.2, 0.25) is 0 Å². The average Bonchev–Trinajstić information content (AvgIpc) is 2.97. The van der Waals surface area contributed by atoms with Crippen LogP contribution in [0.4, 0.5) is 16.3 Å². The van der Waals surface area contributed by atoms with Gasteiger partial charge in [0, 0.05) is 24.1 Å². The standard InChI is InChI=1S/C18H21Cl3N4O4/c1-10(26)22-11-5-6-13(27)12(7-11)25-15(8-14(24-25)17(2,3)4)23-16(28)29-9-18(19,20)21/h5-8,27H,9H2,1-4H3,(H,22,26)(H,23,28). The second-order valence-electron chi connectivity index (χ2n) is 7.28. The Kier molecular flexibility index (Phi) is 6.93. The van der Waals surface area contributed by atoms with Crippen LogP contribution in [0, 0.1) is 0 Å². The van der Waals surface area contributed by atoms with Gasteiger partial charge in [-0.1, -0.05) is 55.6 Å². The first-order chi connectivity index (χ1) is 13.3. The molecule has 0 bridgehead atoms. The third-order valence-electron chi connectivity index (χ3n) is 3.60. The second-order valence-corrected chi connectivity index (χ2v) is 9.79. The van der Waals surface area contributed by atoms with Crippen LogP contribution in [0.25, 0.3) is 5.69 Å². The number of halogens is 3. The van der Waals surface area contributed by atoms with E-state index in [0.29, 0.717) is 11.4 Å². The molecule has 0 aliphatic heterocycles. The smallest absolute Gasteiger partial charge is 0.412 e. The summed E-state index contributed by atoms with van der Waals surface area (Å²) < 4.78 is 4.48. The molecule has 0 fully saturated rings. The minimum absolute atomic E-state index is 0.111. The molecule has 0 unspecified atom stereocenters. The van der Waals surface area contributed by atoms with Gasteiger partial charge in [0.15, 0.2) is 0 Å². The Balaban J connectivity index is 2.44. The van der Waals surface area contributed by atoms with Crippen molar-refractivity contribution in [2.75, 3.05) is 17.2 Å². The van der Waals surface area contributed by atoms with E-state index in [9.17, 15) is 14.7 Å². The predicted octanol–water partition coefficient (Wildman–Crippen LogP) is 4.75. The largest absolute Gasteiger partial charge is 0.506 e. The SMILES string of the molecule is CC(=O)Nc1ccc(O)c(-n2nc(C(C)(C)C)cc2NC(=O)OCC(Cl)(Cl)Cl)c1. The summed E-state index contributed by atoms with van der Waals surface area (Å²) in [6.45, 7) is 6.74. The van der Waals surface area contributed by atoms with E-state index in [2.05, 4.69) is 15.7 Å². The second kappa shape index (κ2) is 8.69. The van der Waals surface area contributed by atoms with Gasteiger partial charge in [-0.15, -0.1) is 0 Å². The van der Waals surface area contributed by atoms with Crippen molar-refractivity contribution in [3.8, 4) is 11.4 Å². The summed E-state index contributed by atoms with van der Waals surface area (Å²) in [5, 5.41) is 20.0. The summed E-state index contributed by atoms with van der Waals surface area (Å²) in [6, 6.07) is 6.11. The van der Waals surface area contributed by atoms with Crippen molar-refractivity contribution in [3.05, 3.63) is 30.0 Å². The normalized spacial score (nSPS) is 11.8. The number of hydrogen-bond acceptors (Lipinski definition) is 5. The zero-order chi connectivity index (χ0) is 22.0. The molecule has 0 aliphatic carbocycles. The van der Waals surface area contributed by atoms with Crippen LogP contribution in [0.1, 0.15) is 33.4 Å². The van der Waals surface area contributed by atoms with Gasteiger partial charge in [0.2, 0.25) is 9.70 Å². The monoisotopic (exact) mass is 462 g/mol. The Hall–Kier alpha value is -2.16. The fraction of sp³-hybridized carbons (Fsp3) is 0.389. The molecule has 11 heteroatoms. The van der Waals surface area contributed by atoms with Crippen LogP contribution < -0.4 is 10.6 Å². The number of amides is 2. The fourth-order valence-electron chi connectivity index (χ4n) is 2.28. The number of anilines is 2. The zero-order valence-corrected chi connectivity index (χ0v) is 18.5. The van der Waals surface area contributed by atoms with Gasteiger partial charge in [0.25, 0.3) is 0 Å². The summed E-state index contributed by atoms with van der Waals surface area (Å²) in [7, 11) is 0. The van der Waals surface area contributed by atoms with Gasteiger partial charge in [-0.3, -0.25) is 10.1 Å². The van der Waals surface area contributed by atoms with Crippen molar-refractivity contribution < 1.29 is 19.4 Å². The lowest BCUT2D eigenvalue weighted by atomic mass is 9.92. The van der Waals surface area contributed by atoms with E-state index in [0.717, 1.165) is 0 Å². The molecule has 3 N–H and O–H groups in total. The molecule has 2 amide bonds. The summed E-state index contributed by atoms with van der Waals surface area (Å²) in [5.74, 6) is -0.161. The number of phenols is 1. The third kappa shape index (κ3) is 6.69. The van der Waals surface area contributed by atoms with E-state index in [4.69, 9.17) is 39.5 Å². The molecule has 2 aromatic rings. The van der Waals surface area contributed by atoms with Crippen LogP contribution in [0.3, 0.4) is 0 Å². The molecule has 1 aromatic heterocycles. The molecule has 0 aliphatic rings. The number of alkyl halides is 3. The summed E-state index contributed by atoms with van der Waals surface area (Å²) >= 11 is 16.8. The Bertz CT molecular complexity index is 917. The molecule has 0 spiro atoms. The number of hydrogen-bond donors (Lipinski definition) is 3. The minimum atomic E-state index is -1.75. The molecule has 1 aromatic carbocycles. The Labute approximate surface area is 183 Å². The van der Waals surface area contributed by atoms with E-state index < -0.39 is 16.5 Å². The van der Waals surface area contributed by atoms with E-state index in [1.54, 1.807) is 6.07 Å². The highest BCUT2D eigenvalue weighted by Crippen LogP contribution is 2.32. The number of aromatic hydroxyl groups is 1. The molecule has 0 saturated carbocycles. The molecule has 29 heavy (non-hydrogen) atoms. The third-order valence-corrected chi connectivity index (χ3v) is 3.93. The van der Waals surface area contributed by atoms with Crippen molar-refractivity contribution in [2.45, 2.75) is 36.9 Å². The Morgan fingerprint density at radius 1 is 1.17 bits per heavy atom. The van der Waals surface area contributed by atoms with Gasteiger partial charge in [-0.2, -0.15) is 5.10 Å². The van der Waals surface area contributed by atoms with Crippen molar-refractivity contribution >= 4 is 58.3 Å². The van der Waals surface area contributed by atoms with Crippen LogP contribution in [0.5, 0.6) is 5.75 Å². The molecule has 0 radical (unpaired) electrons. The lowest BCUT2D eigenvalue weighted by Crippen LogP contribution is -2.22. The Morgan fingerprint density at radius 3 is 2.38 bits per heavy atom. The number of phenolic OH excluding ortho intramolecular Hbond substituents is 1. The van der Waals surface area contributed by atoms with Crippen LogP contribution in [-0.2, 0) is 14.9 Å². The molecular formula is C18H21Cl3N4O4. The van der Waals surface area contributed by atoms with Crippen LogP contribution in [0.15, 0.2) is 24.3 Å². The summed E-state index contributed by atoms with van der Waals surface area (Å²) in [6.07, 6.45) is -0.865. The molecule has 158 valence electrons. The maximum absolute atomic E-state index is 12.1. The number of ether oxygens (including phenoxy) is 1. The highest BCUT2D eigenvalue weighted by atomic mass is 35.6. The Morgan fingerprint density at radius 2 is 1.83 bits per heavy atom. The van der Waals surface area contributed by atoms with Gasteiger partial charge >= 0.3 is 6.09 Å². The van der Waals surface area contributed by atoms with Gasteiger partial charge < -0.3 is 15.2 Å². The number of carbonyl (C=O) groups is 2. The summed E-state index contributed by atoms with van der Waals surface area (Å²) in [5.41, 5.74) is 0.971. The van der Waals surface area contributed by atoms with Gasteiger partial charge in [0.05, 0.1) is 5.69 Å². The average molecular weight is 464 g/mol. The number of benzene rings is 1. The maximum Gasteiger partial charge on any atom is 0.412 e. The van der Waals surface area contributed by atoms with Crippen molar-refractivity contribution in [1.29, 1.82) is 0 Å². The van der Waals surface area contributed by atoms with Crippen LogP contribution in [-0.4, -0.2) is 37.3 Å². The quantitative estimate of drug-likeness (QED) is 0.448. The van der Waals surface area contributed by atoms with E-state index >= 15 is 0 Å². The van der Waals surface area contributed by atoms with Gasteiger partial charge in [0.1, 0.15) is 23.9 Å². The molecule has 0 atom stereocenters. The number of nitrogens with zero attached hydrogens (tertiary/aromatic N) is 2. The van der Waals surface area contributed by atoms with Crippen molar-refractivity contribution in [3.63, 3.8) is 0 Å². The van der Waals surface area contributed by atoms with E-state index in [1.165, 1.54) is 29.8 Å². The van der Waals surface area contributed by atoms with Crippen LogP contribution >= 0.6 is 34.8 Å². The number of nitrogens with one attached hydrogen (secondary N) is 2. The number of aromatic nitrogens is 2.